The van der Waals surface area contributed by atoms with E-state index in [0.29, 0.717) is 56.0 Å². The highest BCUT2D eigenvalue weighted by molar-refractivity contribution is 5.94. The van der Waals surface area contributed by atoms with Gasteiger partial charge in [0.15, 0.2) is 0 Å². The summed E-state index contributed by atoms with van der Waals surface area (Å²) < 4.78 is 4.95. The van der Waals surface area contributed by atoms with Crippen LogP contribution < -0.4 is 5.32 Å². The lowest BCUT2D eigenvalue weighted by Crippen LogP contribution is -2.49. The number of carbonyl (C=O) groups is 2. The van der Waals surface area contributed by atoms with E-state index in [4.69, 9.17) is 4.42 Å². The molecule has 0 bridgehead atoms. The van der Waals surface area contributed by atoms with E-state index in [2.05, 4.69) is 10.2 Å². The summed E-state index contributed by atoms with van der Waals surface area (Å²) in [5, 5.41) is 13.6. The Kier molecular flexibility index (Phi) is 6.05. The van der Waals surface area contributed by atoms with Crippen molar-refractivity contribution < 1.29 is 18.9 Å². The average Bonchev–Trinajstić information content (AvgIpc) is 3.22. The Morgan fingerprint density at radius 1 is 1.21 bits per heavy atom. The number of hydrogen-bond acceptors (Lipinski definition) is 6. The lowest BCUT2D eigenvalue weighted by atomic mass is 10.1. The minimum atomic E-state index is -0.463. The first-order valence-electron chi connectivity index (χ1n) is 9.03. The van der Waals surface area contributed by atoms with Crippen molar-refractivity contribution in [2.45, 2.75) is 13.3 Å². The summed E-state index contributed by atoms with van der Waals surface area (Å²) in [6.07, 6.45) is 3.24. The molecule has 2 heterocycles. The van der Waals surface area contributed by atoms with Gasteiger partial charge in [0.05, 0.1) is 16.7 Å². The maximum absolute atomic E-state index is 12.3. The molecule has 0 aliphatic carbocycles. The number of piperazine rings is 1. The van der Waals surface area contributed by atoms with Crippen LogP contribution in [0.3, 0.4) is 0 Å². The van der Waals surface area contributed by atoms with Crippen LogP contribution in [0.15, 0.2) is 41.2 Å². The summed E-state index contributed by atoms with van der Waals surface area (Å²) in [6, 6.07) is 6.01. The maximum atomic E-state index is 12.3. The van der Waals surface area contributed by atoms with E-state index in [9.17, 15) is 19.7 Å². The minimum Gasteiger partial charge on any atom is -0.472 e. The number of nitro groups is 1. The standard InChI is InChI=1S/C19H22N4O5/c1-14-12-16(23(26)27)2-3-17(14)20-18(24)4-6-21-7-9-22(10-8-21)19(25)15-5-11-28-13-15/h2-3,5,11-13H,4,6-10H2,1H3,(H,20,24). The fourth-order valence-corrected chi connectivity index (χ4v) is 3.12. The first-order chi connectivity index (χ1) is 13.4. The van der Waals surface area contributed by atoms with Crippen LogP contribution in [-0.4, -0.2) is 59.3 Å². The zero-order valence-electron chi connectivity index (χ0n) is 15.6. The van der Waals surface area contributed by atoms with Gasteiger partial charge >= 0.3 is 0 Å². The number of aryl methyl sites for hydroxylation is 1. The van der Waals surface area contributed by atoms with Gasteiger partial charge in [-0.05, 0) is 24.6 Å². The second-order valence-corrected chi connectivity index (χ2v) is 6.70. The summed E-state index contributed by atoms with van der Waals surface area (Å²) in [7, 11) is 0. The second-order valence-electron chi connectivity index (χ2n) is 6.70. The van der Waals surface area contributed by atoms with Crippen molar-refractivity contribution in [2.24, 2.45) is 0 Å². The monoisotopic (exact) mass is 386 g/mol. The minimum absolute atomic E-state index is 0.00154. The number of amides is 2. The van der Waals surface area contributed by atoms with Gasteiger partial charge in [0.25, 0.3) is 11.6 Å². The van der Waals surface area contributed by atoms with Crippen molar-refractivity contribution in [1.29, 1.82) is 0 Å². The van der Waals surface area contributed by atoms with Gasteiger partial charge in [0.2, 0.25) is 5.91 Å². The second kappa shape index (κ2) is 8.66. The van der Waals surface area contributed by atoms with Gasteiger partial charge in [-0.2, -0.15) is 0 Å². The topological polar surface area (TPSA) is 109 Å². The molecule has 0 unspecified atom stereocenters. The molecule has 1 aliphatic heterocycles. The summed E-state index contributed by atoms with van der Waals surface area (Å²) in [5.41, 5.74) is 1.77. The van der Waals surface area contributed by atoms with Gasteiger partial charge in [-0.25, -0.2) is 0 Å². The summed E-state index contributed by atoms with van der Waals surface area (Å²) in [5.74, 6) is -0.186. The SMILES string of the molecule is Cc1cc([N+](=O)[O-])ccc1NC(=O)CCN1CCN(C(=O)c2ccoc2)CC1. The molecule has 0 atom stereocenters. The van der Waals surface area contributed by atoms with Crippen LogP contribution in [0.4, 0.5) is 11.4 Å². The number of nitro benzene ring substituents is 1. The Labute approximate surface area is 162 Å². The third kappa shape index (κ3) is 4.74. The van der Waals surface area contributed by atoms with Crippen LogP contribution in [0.25, 0.3) is 0 Å². The molecule has 28 heavy (non-hydrogen) atoms. The fraction of sp³-hybridized carbons (Fsp3) is 0.368. The molecule has 1 fully saturated rings. The smallest absolute Gasteiger partial charge is 0.269 e. The summed E-state index contributed by atoms with van der Waals surface area (Å²) in [4.78, 5) is 38.7. The highest BCUT2D eigenvalue weighted by Crippen LogP contribution is 2.21. The van der Waals surface area contributed by atoms with Gasteiger partial charge in [0.1, 0.15) is 6.26 Å². The van der Waals surface area contributed by atoms with Crippen molar-refractivity contribution in [3.8, 4) is 0 Å². The van der Waals surface area contributed by atoms with E-state index in [1.165, 1.54) is 24.7 Å². The maximum Gasteiger partial charge on any atom is 0.269 e. The molecule has 3 rings (SSSR count). The molecule has 1 aliphatic rings. The summed E-state index contributed by atoms with van der Waals surface area (Å²) in [6.45, 7) is 4.92. The zero-order valence-corrected chi connectivity index (χ0v) is 15.6. The van der Waals surface area contributed by atoms with Crippen LogP contribution >= 0.6 is 0 Å². The molecule has 9 nitrogen and oxygen atoms in total. The molecule has 1 aromatic carbocycles. The molecular formula is C19H22N4O5. The van der Waals surface area contributed by atoms with Crippen molar-refractivity contribution >= 4 is 23.2 Å². The molecule has 148 valence electrons. The molecule has 2 amide bonds. The molecule has 9 heteroatoms. The van der Waals surface area contributed by atoms with Gasteiger partial charge in [0, 0.05) is 57.0 Å². The molecule has 0 radical (unpaired) electrons. The van der Waals surface area contributed by atoms with Crippen LogP contribution in [-0.2, 0) is 4.79 Å². The van der Waals surface area contributed by atoms with E-state index < -0.39 is 4.92 Å². The van der Waals surface area contributed by atoms with Crippen molar-refractivity contribution in [3.05, 3.63) is 58.0 Å². The molecular weight excluding hydrogens is 364 g/mol. The highest BCUT2D eigenvalue weighted by Gasteiger charge is 2.23. The normalized spacial score (nSPS) is 14.7. The molecule has 2 aromatic rings. The first kappa shape index (κ1) is 19.6. The quantitative estimate of drug-likeness (QED) is 0.603. The molecule has 0 saturated carbocycles. The average molecular weight is 386 g/mol. The van der Waals surface area contributed by atoms with Crippen LogP contribution in [0.2, 0.25) is 0 Å². The molecule has 1 aromatic heterocycles. The predicted molar refractivity (Wildman–Crippen MR) is 102 cm³/mol. The number of carbonyl (C=O) groups excluding carboxylic acids is 2. The molecule has 1 saturated heterocycles. The molecule has 1 N–H and O–H groups in total. The summed E-state index contributed by atoms with van der Waals surface area (Å²) >= 11 is 0. The van der Waals surface area contributed by atoms with Crippen molar-refractivity contribution in [1.82, 2.24) is 9.80 Å². The van der Waals surface area contributed by atoms with E-state index in [1.54, 1.807) is 24.0 Å². The van der Waals surface area contributed by atoms with Gasteiger partial charge in [-0.1, -0.05) is 0 Å². The number of furan rings is 1. The third-order valence-electron chi connectivity index (χ3n) is 4.78. The van der Waals surface area contributed by atoms with E-state index in [1.807, 2.05) is 0 Å². The van der Waals surface area contributed by atoms with Gasteiger partial charge in [-0.15, -0.1) is 0 Å². The third-order valence-corrected chi connectivity index (χ3v) is 4.78. The van der Waals surface area contributed by atoms with Crippen LogP contribution in [0, 0.1) is 17.0 Å². The number of nitrogens with zero attached hydrogens (tertiary/aromatic N) is 3. The number of hydrogen-bond donors (Lipinski definition) is 1. The van der Waals surface area contributed by atoms with Gasteiger partial charge < -0.3 is 14.6 Å². The Morgan fingerprint density at radius 2 is 1.96 bits per heavy atom. The van der Waals surface area contributed by atoms with Gasteiger partial charge in [-0.3, -0.25) is 24.6 Å². The Balaban J connectivity index is 1.43. The lowest BCUT2D eigenvalue weighted by molar-refractivity contribution is -0.384. The van der Waals surface area contributed by atoms with Crippen molar-refractivity contribution in [2.75, 3.05) is 38.0 Å². The Hall–Kier alpha value is -3.20. The Bertz CT molecular complexity index is 857. The fourth-order valence-electron chi connectivity index (χ4n) is 3.12. The molecule has 0 spiro atoms. The number of non-ortho nitro benzene ring substituents is 1. The predicted octanol–water partition coefficient (Wildman–Crippen LogP) is 2.28. The van der Waals surface area contributed by atoms with E-state index >= 15 is 0 Å². The number of rotatable bonds is 6. The van der Waals surface area contributed by atoms with E-state index in [-0.39, 0.29) is 17.5 Å². The van der Waals surface area contributed by atoms with Crippen LogP contribution in [0.5, 0.6) is 0 Å². The van der Waals surface area contributed by atoms with E-state index in [0.717, 1.165) is 0 Å². The number of nitrogens with one attached hydrogen (secondary N) is 1. The number of anilines is 1. The van der Waals surface area contributed by atoms with Crippen molar-refractivity contribution in [3.63, 3.8) is 0 Å². The lowest BCUT2D eigenvalue weighted by Gasteiger charge is -2.34. The highest BCUT2D eigenvalue weighted by atomic mass is 16.6. The Morgan fingerprint density at radius 3 is 2.57 bits per heavy atom. The first-order valence-corrected chi connectivity index (χ1v) is 9.03. The van der Waals surface area contributed by atoms with Crippen LogP contribution in [0.1, 0.15) is 22.3 Å². The largest absolute Gasteiger partial charge is 0.472 e. The number of benzene rings is 1. The zero-order chi connectivity index (χ0) is 20.1.